The van der Waals surface area contributed by atoms with Crippen LogP contribution in [0, 0.1) is 13.8 Å². The Balaban J connectivity index is 1.95. The Morgan fingerprint density at radius 2 is 2.00 bits per heavy atom. The quantitative estimate of drug-likeness (QED) is 0.884. The van der Waals surface area contributed by atoms with Gasteiger partial charge in [0.1, 0.15) is 11.5 Å². The van der Waals surface area contributed by atoms with Crippen LogP contribution in [0.5, 0.6) is 0 Å². The van der Waals surface area contributed by atoms with Crippen molar-refractivity contribution in [3.63, 3.8) is 0 Å². The van der Waals surface area contributed by atoms with Gasteiger partial charge in [-0.1, -0.05) is 23.8 Å². The van der Waals surface area contributed by atoms with Gasteiger partial charge in [-0.2, -0.15) is 0 Å². The van der Waals surface area contributed by atoms with Crippen molar-refractivity contribution in [3.8, 4) is 0 Å². The second-order valence-corrected chi connectivity index (χ2v) is 7.38. The predicted molar refractivity (Wildman–Crippen MR) is 84.0 cm³/mol. The van der Waals surface area contributed by atoms with Crippen molar-refractivity contribution in [1.82, 2.24) is 5.32 Å². The molecular weight excluding hydrogens is 302 g/mol. The summed E-state index contributed by atoms with van der Waals surface area (Å²) < 4.78 is 29.4. The third kappa shape index (κ3) is 4.73. The van der Waals surface area contributed by atoms with Crippen LogP contribution in [-0.2, 0) is 26.9 Å². The number of furan rings is 1. The maximum absolute atomic E-state index is 12.2. The van der Waals surface area contributed by atoms with Crippen LogP contribution in [0.1, 0.15) is 22.5 Å². The molecule has 0 unspecified atom stereocenters. The van der Waals surface area contributed by atoms with E-state index in [0.717, 1.165) is 16.7 Å². The Kier molecular flexibility index (Phi) is 5.03. The molecule has 5 nitrogen and oxygen atoms in total. The summed E-state index contributed by atoms with van der Waals surface area (Å²) in [7, 11) is -3.51. The number of carbonyl (C=O) groups is 1. The molecule has 1 amide bonds. The van der Waals surface area contributed by atoms with E-state index >= 15 is 0 Å². The van der Waals surface area contributed by atoms with Gasteiger partial charge in [-0.25, -0.2) is 8.42 Å². The van der Waals surface area contributed by atoms with Crippen molar-refractivity contribution < 1.29 is 17.6 Å². The van der Waals surface area contributed by atoms with Crippen LogP contribution in [0.2, 0.25) is 0 Å². The summed E-state index contributed by atoms with van der Waals surface area (Å²) in [6.45, 7) is 3.96. The number of hydrogen-bond acceptors (Lipinski definition) is 4. The predicted octanol–water partition coefficient (Wildman–Crippen LogP) is 2.13. The standard InChI is InChI=1S/C16H19NO4S/c1-12-5-6-13(2)14(8-12)10-22(19,20)11-16(18)17-9-15-4-3-7-21-15/h3-8H,9-11H2,1-2H3,(H,17,18). The van der Waals surface area contributed by atoms with Crippen LogP contribution >= 0.6 is 0 Å². The molecule has 0 fully saturated rings. The van der Waals surface area contributed by atoms with Crippen molar-refractivity contribution >= 4 is 15.7 Å². The number of sulfone groups is 1. The van der Waals surface area contributed by atoms with Crippen molar-refractivity contribution in [2.24, 2.45) is 0 Å². The molecule has 1 N–H and O–H groups in total. The molecule has 0 aliphatic heterocycles. The molecule has 0 saturated heterocycles. The third-order valence-corrected chi connectivity index (χ3v) is 4.72. The SMILES string of the molecule is Cc1ccc(C)c(CS(=O)(=O)CC(=O)NCc2ccco2)c1. The van der Waals surface area contributed by atoms with Gasteiger partial charge in [0.25, 0.3) is 0 Å². The molecule has 0 aliphatic carbocycles. The normalized spacial score (nSPS) is 11.4. The molecule has 1 heterocycles. The summed E-state index contributed by atoms with van der Waals surface area (Å²) in [5.74, 6) is -0.600. The molecule has 0 radical (unpaired) electrons. The van der Waals surface area contributed by atoms with Crippen molar-refractivity contribution in [2.75, 3.05) is 5.75 Å². The topological polar surface area (TPSA) is 76.4 Å². The molecule has 1 aromatic carbocycles. The molecule has 2 aromatic rings. The number of carbonyl (C=O) groups excluding carboxylic acids is 1. The molecular formula is C16H19NO4S. The first kappa shape index (κ1) is 16.3. The Bertz CT molecular complexity index is 748. The van der Waals surface area contributed by atoms with E-state index in [1.807, 2.05) is 32.0 Å². The smallest absolute Gasteiger partial charge is 0.235 e. The molecule has 0 aliphatic rings. The lowest BCUT2D eigenvalue weighted by atomic mass is 10.1. The zero-order valence-corrected chi connectivity index (χ0v) is 13.4. The summed E-state index contributed by atoms with van der Waals surface area (Å²) in [6, 6.07) is 9.08. The highest BCUT2D eigenvalue weighted by molar-refractivity contribution is 7.91. The van der Waals surface area contributed by atoms with Gasteiger partial charge >= 0.3 is 0 Å². The van der Waals surface area contributed by atoms with Crippen LogP contribution in [-0.4, -0.2) is 20.1 Å². The van der Waals surface area contributed by atoms with E-state index in [1.54, 1.807) is 12.1 Å². The van der Waals surface area contributed by atoms with E-state index in [4.69, 9.17) is 4.42 Å². The molecule has 0 bridgehead atoms. The highest BCUT2D eigenvalue weighted by Crippen LogP contribution is 2.14. The van der Waals surface area contributed by atoms with E-state index in [1.165, 1.54) is 6.26 Å². The fraction of sp³-hybridized carbons (Fsp3) is 0.312. The minimum absolute atomic E-state index is 0.130. The Labute approximate surface area is 130 Å². The summed E-state index contributed by atoms with van der Waals surface area (Å²) in [5.41, 5.74) is 2.64. The Hall–Kier alpha value is -2.08. The number of hydrogen-bond donors (Lipinski definition) is 1. The van der Waals surface area contributed by atoms with Crippen molar-refractivity contribution in [2.45, 2.75) is 26.1 Å². The van der Waals surface area contributed by atoms with Gasteiger partial charge in [0.2, 0.25) is 5.91 Å². The largest absolute Gasteiger partial charge is 0.467 e. The second-order valence-electron chi connectivity index (χ2n) is 5.32. The summed E-state index contributed by atoms with van der Waals surface area (Å²) >= 11 is 0. The summed E-state index contributed by atoms with van der Waals surface area (Å²) in [4.78, 5) is 11.8. The highest BCUT2D eigenvalue weighted by Gasteiger charge is 2.18. The third-order valence-electron chi connectivity index (χ3n) is 3.27. The minimum Gasteiger partial charge on any atom is -0.467 e. The summed E-state index contributed by atoms with van der Waals surface area (Å²) in [6.07, 6.45) is 1.50. The molecule has 6 heteroatoms. The van der Waals surface area contributed by atoms with Gasteiger partial charge in [-0.05, 0) is 37.1 Å². The lowest BCUT2D eigenvalue weighted by Crippen LogP contribution is -2.30. The van der Waals surface area contributed by atoms with Crippen LogP contribution in [0.3, 0.4) is 0 Å². The van der Waals surface area contributed by atoms with Gasteiger partial charge in [-0.15, -0.1) is 0 Å². The molecule has 0 atom stereocenters. The number of aryl methyl sites for hydroxylation is 2. The molecule has 0 spiro atoms. The number of rotatable bonds is 6. The molecule has 22 heavy (non-hydrogen) atoms. The first-order chi connectivity index (χ1) is 10.4. The number of benzene rings is 1. The van der Waals surface area contributed by atoms with E-state index in [9.17, 15) is 13.2 Å². The van der Waals surface area contributed by atoms with Crippen molar-refractivity contribution in [3.05, 3.63) is 59.0 Å². The zero-order chi connectivity index (χ0) is 16.2. The maximum atomic E-state index is 12.2. The van der Waals surface area contributed by atoms with E-state index < -0.39 is 21.5 Å². The van der Waals surface area contributed by atoms with E-state index in [2.05, 4.69) is 5.32 Å². The van der Waals surface area contributed by atoms with Gasteiger partial charge in [0.05, 0.1) is 18.6 Å². The van der Waals surface area contributed by atoms with Crippen LogP contribution < -0.4 is 5.32 Å². The fourth-order valence-corrected chi connectivity index (χ4v) is 3.48. The van der Waals surface area contributed by atoms with E-state index in [0.29, 0.717) is 5.76 Å². The van der Waals surface area contributed by atoms with Crippen LogP contribution in [0.4, 0.5) is 0 Å². The van der Waals surface area contributed by atoms with Gasteiger partial charge in [-0.3, -0.25) is 4.79 Å². The minimum atomic E-state index is -3.51. The highest BCUT2D eigenvalue weighted by atomic mass is 32.2. The van der Waals surface area contributed by atoms with Crippen LogP contribution in [0.25, 0.3) is 0 Å². The maximum Gasteiger partial charge on any atom is 0.235 e. The molecule has 2 rings (SSSR count). The first-order valence-corrected chi connectivity index (χ1v) is 8.73. The van der Waals surface area contributed by atoms with E-state index in [-0.39, 0.29) is 12.3 Å². The number of nitrogens with one attached hydrogen (secondary N) is 1. The number of amides is 1. The Morgan fingerprint density at radius 1 is 1.23 bits per heavy atom. The van der Waals surface area contributed by atoms with Gasteiger partial charge in [0.15, 0.2) is 9.84 Å². The fourth-order valence-electron chi connectivity index (χ4n) is 2.09. The van der Waals surface area contributed by atoms with Crippen molar-refractivity contribution in [1.29, 1.82) is 0 Å². The second kappa shape index (κ2) is 6.79. The summed E-state index contributed by atoms with van der Waals surface area (Å²) in [5, 5.41) is 2.54. The Morgan fingerprint density at radius 3 is 2.68 bits per heavy atom. The average molecular weight is 321 g/mol. The van der Waals surface area contributed by atoms with Crippen LogP contribution in [0.15, 0.2) is 41.0 Å². The monoisotopic (exact) mass is 321 g/mol. The lowest BCUT2D eigenvalue weighted by molar-refractivity contribution is -0.118. The zero-order valence-electron chi connectivity index (χ0n) is 12.6. The lowest BCUT2D eigenvalue weighted by Gasteiger charge is -2.08. The van der Waals surface area contributed by atoms with Gasteiger partial charge in [0, 0.05) is 0 Å². The molecule has 118 valence electrons. The van der Waals surface area contributed by atoms with Gasteiger partial charge < -0.3 is 9.73 Å². The average Bonchev–Trinajstić information content (AvgIpc) is 2.93. The molecule has 1 aromatic heterocycles. The molecule has 0 saturated carbocycles. The first-order valence-electron chi connectivity index (χ1n) is 6.91.